The molecule has 148 valence electrons. The van der Waals surface area contributed by atoms with Gasteiger partial charge in [0.2, 0.25) is 5.91 Å². The van der Waals surface area contributed by atoms with E-state index in [2.05, 4.69) is 40.2 Å². The Morgan fingerprint density at radius 1 is 0.793 bits per heavy atom. The van der Waals surface area contributed by atoms with Crippen molar-refractivity contribution in [3.05, 3.63) is 90.5 Å². The molecule has 0 radical (unpaired) electrons. The topological polar surface area (TPSA) is 70.2 Å². The fraction of sp³-hybridized carbons (Fsp3) is 0.167. The molecule has 0 spiro atoms. The highest BCUT2D eigenvalue weighted by atomic mass is 16.2. The number of nitrogens with one attached hydrogen (secondary N) is 3. The zero-order valence-electron chi connectivity index (χ0n) is 16.4. The molecule has 0 aliphatic heterocycles. The molecule has 0 aliphatic rings. The molecule has 0 unspecified atom stereocenters. The number of hydrogen-bond acceptors (Lipinski definition) is 2. The predicted octanol–water partition coefficient (Wildman–Crippen LogP) is 4.74. The molecule has 29 heavy (non-hydrogen) atoms. The van der Waals surface area contributed by atoms with Crippen LogP contribution in [0.1, 0.15) is 24.9 Å². The minimum Gasteiger partial charge on any atom is -0.350 e. The standard InChI is InChI=1S/C24H25N3O2/c1-18(19-12-14-21(15-13-19)20-8-4-2-5-9-20)26-23(28)16-17-25-24(29)27-22-10-6-3-7-11-22/h2-15,18H,16-17H2,1H3,(H,26,28)(H2,25,27,29)/t18-/m1/s1. The predicted molar refractivity (Wildman–Crippen MR) is 117 cm³/mol. The molecule has 3 aromatic carbocycles. The van der Waals surface area contributed by atoms with E-state index >= 15 is 0 Å². The van der Waals surface area contributed by atoms with E-state index in [0.29, 0.717) is 5.69 Å². The molecule has 0 heterocycles. The molecule has 3 N–H and O–H groups in total. The van der Waals surface area contributed by atoms with Gasteiger partial charge in [0.1, 0.15) is 0 Å². The first-order chi connectivity index (χ1) is 14.1. The molecule has 3 rings (SSSR count). The van der Waals surface area contributed by atoms with Gasteiger partial charge in [-0.15, -0.1) is 0 Å². The summed E-state index contributed by atoms with van der Waals surface area (Å²) in [6.45, 7) is 2.22. The summed E-state index contributed by atoms with van der Waals surface area (Å²) in [6, 6.07) is 27.1. The Bertz CT molecular complexity index is 925. The monoisotopic (exact) mass is 387 g/mol. The van der Waals surface area contributed by atoms with E-state index in [4.69, 9.17) is 0 Å². The molecule has 0 aromatic heterocycles. The van der Waals surface area contributed by atoms with E-state index in [1.165, 1.54) is 0 Å². The van der Waals surface area contributed by atoms with Crippen LogP contribution in [0.4, 0.5) is 10.5 Å². The first-order valence-electron chi connectivity index (χ1n) is 9.66. The van der Waals surface area contributed by atoms with Crippen LogP contribution in [0.5, 0.6) is 0 Å². The Labute approximate surface area is 171 Å². The number of hydrogen-bond donors (Lipinski definition) is 3. The van der Waals surface area contributed by atoms with Crippen molar-refractivity contribution in [2.45, 2.75) is 19.4 Å². The van der Waals surface area contributed by atoms with Gasteiger partial charge in [-0.05, 0) is 35.7 Å². The van der Waals surface area contributed by atoms with Crippen LogP contribution in [0.3, 0.4) is 0 Å². The average Bonchev–Trinajstić information content (AvgIpc) is 2.75. The molecule has 0 fully saturated rings. The first kappa shape index (κ1) is 20.1. The maximum absolute atomic E-state index is 12.2. The SMILES string of the molecule is C[C@@H](NC(=O)CCNC(=O)Nc1ccccc1)c1ccc(-c2ccccc2)cc1. The van der Waals surface area contributed by atoms with Gasteiger partial charge in [-0.3, -0.25) is 4.79 Å². The summed E-state index contributed by atoms with van der Waals surface area (Å²) >= 11 is 0. The van der Waals surface area contributed by atoms with Crippen LogP contribution in [-0.4, -0.2) is 18.5 Å². The van der Waals surface area contributed by atoms with Crippen molar-refractivity contribution in [2.75, 3.05) is 11.9 Å². The van der Waals surface area contributed by atoms with Gasteiger partial charge in [-0.25, -0.2) is 4.79 Å². The quantitative estimate of drug-likeness (QED) is 0.548. The second-order valence-electron chi connectivity index (χ2n) is 6.77. The van der Waals surface area contributed by atoms with E-state index < -0.39 is 0 Å². The van der Waals surface area contributed by atoms with E-state index in [9.17, 15) is 9.59 Å². The van der Waals surface area contributed by atoms with Crippen LogP contribution in [0.2, 0.25) is 0 Å². The van der Waals surface area contributed by atoms with E-state index in [0.717, 1.165) is 16.7 Å². The highest BCUT2D eigenvalue weighted by Crippen LogP contribution is 2.21. The second-order valence-corrected chi connectivity index (χ2v) is 6.77. The summed E-state index contributed by atoms with van der Waals surface area (Å²) in [7, 11) is 0. The van der Waals surface area contributed by atoms with Gasteiger partial charge in [-0.1, -0.05) is 72.8 Å². The minimum absolute atomic E-state index is 0.106. The van der Waals surface area contributed by atoms with E-state index in [1.807, 2.05) is 55.5 Å². The van der Waals surface area contributed by atoms with Crippen LogP contribution in [-0.2, 0) is 4.79 Å². The summed E-state index contributed by atoms with van der Waals surface area (Å²) in [5.41, 5.74) is 4.05. The molecule has 5 heteroatoms. The third kappa shape index (κ3) is 6.21. The fourth-order valence-corrected chi connectivity index (χ4v) is 2.98. The summed E-state index contributed by atoms with van der Waals surface area (Å²) in [4.78, 5) is 24.0. The van der Waals surface area contributed by atoms with Gasteiger partial charge in [0, 0.05) is 18.7 Å². The fourth-order valence-electron chi connectivity index (χ4n) is 2.98. The Hall–Kier alpha value is -3.60. The molecular formula is C24H25N3O2. The molecule has 0 aliphatic carbocycles. The van der Waals surface area contributed by atoms with Gasteiger partial charge in [0.15, 0.2) is 0 Å². The maximum atomic E-state index is 12.2. The number of anilines is 1. The third-order valence-electron chi connectivity index (χ3n) is 4.56. The van der Waals surface area contributed by atoms with Gasteiger partial charge < -0.3 is 16.0 Å². The summed E-state index contributed by atoms with van der Waals surface area (Å²) in [5, 5.41) is 8.38. The lowest BCUT2D eigenvalue weighted by atomic mass is 10.0. The smallest absolute Gasteiger partial charge is 0.319 e. The van der Waals surface area contributed by atoms with Crippen LogP contribution < -0.4 is 16.0 Å². The Morgan fingerprint density at radius 3 is 2.03 bits per heavy atom. The number of urea groups is 1. The van der Waals surface area contributed by atoms with Gasteiger partial charge in [0.05, 0.1) is 6.04 Å². The van der Waals surface area contributed by atoms with E-state index in [-0.39, 0.29) is 30.9 Å². The van der Waals surface area contributed by atoms with E-state index in [1.54, 1.807) is 12.1 Å². The molecular weight excluding hydrogens is 362 g/mol. The molecule has 5 nitrogen and oxygen atoms in total. The largest absolute Gasteiger partial charge is 0.350 e. The van der Waals surface area contributed by atoms with Crippen LogP contribution in [0, 0.1) is 0 Å². The molecule has 0 saturated carbocycles. The van der Waals surface area contributed by atoms with Gasteiger partial charge in [0.25, 0.3) is 0 Å². The molecule has 3 amide bonds. The van der Waals surface area contributed by atoms with Gasteiger partial charge >= 0.3 is 6.03 Å². The van der Waals surface area contributed by atoms with Crippen molar-refractivity contribution < 1.29 is 9.59 Å². The lowest BCUT2D eigenvalue weighted by Crippen LogP contribution is -2.34. The maximum Gasteiger partial charge on any atom is 0.319 e. The average molecular weight is 387 g/mol. The zero-order chi connectivity index (χ0) is 20.5. The van der Waals surface area contributed by atoms with Crippen LogP contribution in [0.25, 0.3) is 11.1 Å². The Morgan fingerprint density at radius 2 is 1.38 bits per heavy atom. The van der Waals surface area contributed by atoms with Gasteiger partial charge in [-0.2, -0.15) is 0 Å². The number of para-hydroxylation sites is 1. The lowest BCUT2D eigenvalue weighted by Gasteiger charge is -2.15. The number of carbonyl (C=O) groups is 2. The number of amides is 3. The van der Waals surface area contributed by atoms with Crippen molar-refractivity contribution in [3.63, 3.8) is 0 Å². The second kappa shape index (κ2) is 10.1. The van der Waals surface area contributed by atoms with Crippen LogP contribution >= 0.6 is 0 Å². The van der Waals surface area contributed by atoms with Crippen molar-refractivity contribution in [1.29, 1.82) is 0 Å². The van der Waals surface area contributed by atoms with Crippen molar-refractivity contribution in [2.24, 2.45) is 0 Å². The van der Waals surface area contributed by atoms with Crippen molar-refractivity contribution in [1.82, 2.24) is 10.6 Å². The minimum atomic E-state index is -0.325. The third-order valence-corrected chi connectivity index (χ3v) is 4.56. The molecule has 3 aromatic rings. The number of carbonyl (C=O) groups excluding carboxylic acids is 2. The summed E-state index contributed by atoms with van der Waals surface area (Å²) < 4.78 is 0. The molecule has 0 bridgehead atoms. The van der Waals surface area contributed by atoms with Crippen LogP contribution in [0.15, 0.2) is 84.9 Å². The Kier molecular flexibility index (Phi) is 7.00. The normalized spacial score (nSPS) is 11.3. The molecule has 0 saturated heterocycles. The summed E-state index contributed by atoms with van der Waals surface area (Å²) in [6.07, 6.45) is 0.217. The summed E-state index contributed by atoms with van der Waals surface area (Å²) in [5.74, 6) is -0.107. The number of rotatable bonds is 7. The van der Waals surface area contributed by atoms with Crippen molar-refractivity contribution in [3.8, 4) is 11.1 Å². The Balaban J connectivity index is 1.42. The highest BCUT2D eigenvalue weighted by Gasteiger charge is 2.10. The zero-order valence-corrected chi connectivity index (χ0v) is 16.4. The van der Waals surface area contributed by atoms with Crippen molar-refractivity contribution >= 4 is 17.6 Å². The highest BCUT2D eigenvalue weighted by molar-refractivity contribution is 5.89. The number of benzene rings is 3. The molecule has 1 atom stereocenters. The lowest BCUT2D eigenvalue weighted by molar-refractivity contribution is -0.121. The first-order valence-corrected chi connectivity index (χ1v) is 9.66.